The van der Waals surface area contributed by atoms with Crippen LogP contribution in [-0.2, 0) is 4.79 Å². The fourth-order valence-corrected chi connectivity index (χ4v) is 2.99. The quantitative estimate of drug-likeness (QED) is 0.885. The van der Waals surface area contributed by atoms with E-state index < -0.39 is 12.0 Å². The van der Waals surface area contributed by atoms with Crippen LogP contribution in [0.2, 0.25) is 0 Å². The smallest absolute Gasteiger partial charge is 0.326 e. The molecule has 0 spiro atoms. The molecule has 132 valence electrons. The summed E-state index contributed by atoms with van der Waals surface area (Å²) in [5.41, 5.74) is 0.310. The molecule has 1 fully saturated rings. The Labute approximate surface area is 141 Å². The van der Waals surface area contributed by atoms with Gasteiger partial charge in [0.1, 0.15) is 6.04 Å². The minimum absolute atomic E-state index is 0.273. The highest BCUT2D eigenvalue weighted by Crippen LogP contribution is 2.39. The monoisotopic (exact) mass is 337 g/mol. The number of piperidine rings is 1. The second-order valence-corrected chi connectivity index (χ2v) is 5.90. The van der Waals surface area contributed by atoms with Crippen LogP contribution >= 0.6 is 0 Å². The normalized spacial score (nSPS) is 20.4. The highest BCUT2D eigenvalue weighted by molar-refractivity contribution is 5.98. The van der Waals surface area contributed by atoms with Gasteiger partial charge in [-0.25, -0.2) is 4.79 Å². The summed E-state index contributed by atoms with van der Waals surface area (Å²) in [6.45, 7) is 2.41. The predicted molar refractivity (Wildman–Crippen MR) is 87.0 cm³/mol. The first-order valence-corrected chi connectivity index (χ1v) is 7.76. The molecule has 24 heavy (non-hydrogen) atoms. The maximum Gasteiger partial charge on any atom is 0.326 e. The zero-order valence-corrected chi connectivity index (χ0v) is 14.4. The van der Waals surface area contributed by atoms with E-state index in [1.807, 2.05) is 6.92 Å². The van der Waals surface area contributed by atoms with Gasteiger partial charge in [-0.05, 0) is 30.9 Å². The second kappa shape index (κ2) is 7.42. The Bertz CT molecular complexity index is 605. The van der Waals surface area contributed by atoms with Crippen molar-refractivity contribution in [1.29, 1.82) is 0 Å². The number of rotatable bonds is 5. The zero-order chi connectivity index (χ0) is 17.9. The lowest BCUT2D eigenvalue weighted by Gasteiger charge is -2.36. The number of carbonyl (C=O) groups is 2. The third-order valence-corrected chi connectivity index (χ3v) is 4.32. The van der Waals surface area contributed by atoms with Gasteiger partial charge >= 0.3 is 5.97 Å². The average molecular weight is 337 g/mol. The first-order valence-electron chi connectivity index (χ1n) is 7.76. The van der Waals surface area contributed by atoms with E-state index in [1.54, 1.807) is 12.1 Å². The molecule has 0 aliphatic carbocycles. The topological polar surface area (TPSA) is 85.3 Å². The number of carbonyl (C=O) groups excluding carboxylic acids is 1. The fourth-order valence-electron chi connectivity index (χ4n) is 2.99. The number of amides is 1. The highest BCUT2D eigenvalue weighted by atomic mass is 16.5. The summed E-state index contributed by atoms with van der Waals surface area (Å²) < 4.78 is 15.8. The molecule has 1 heterocycles. The number of carboxylic acids is 1. The van der Waals surface area contributed by atoms with E-state index >= 15 is 0 Å². The largest absolute Gasteiger partial charge is 0.493 e. The van der Waals surface area contributed by atoms with Crippen molar-refractivity contribution in [1.82, 2.24) is 4.90 Å². The van der Waals surface area contributed by atoms with E-state index in [2.05, 4.69) is 0 Å². The number of nitrogens with zero attached hydrogens (tertiary/aromatic N) is 1. The first-order chi connectivity index (χ1) is 11.4. The Morgan fingerprint density at radius 1 is 1.12 bits per heavy atom. The number of aliphatic carboxylic acids is 1. The molecule has 7 nitrogen and oxygen atoms in total. The van der Waals surface area contributed by atoms with Crippen molar-refractivity contribution in [2.45, 2.75) is 25.8 Å². The van der Waals surface area contributed by atoms with Crippen LogP contribution in [0.15, 0.2) is 12.1 Å². The molecular formula is C17H23NO6. The third kappa shape index (κ3) is 3.39. The number of ether oxygens (including phenoxy) is 3. The van der Waals surface area contributed by atoms with Gasteiger partial charge in [-0.3, -0.25) is 4.79 Å². The van der Waals surface area contributed by atoms with Crippen molar-refractivity contribution < 1.29 is 28.9 Å². The van der Waals surface area contributed by atoms with Crippen LogP contribution in [0.3, 0.4) is 0 Å². The molecule has 2 atom stereocenters. The van der Waals surface area contributed by atoms with E-state index in [1.165, 1.54) is 26.2 Å². The molecule has 2 unspecified atom stereocenters. The summed E-state index contributed by atoms with van der Waals surface area (Å²) in [7, 11) is 4.41. The SMILES string of the molecule is COc1cc(C(=O)N2CCC(C)CC2C(=O)O)cc(OC)c1OC. The van der Waals surface area contributed by atoms with Crippen molar-refractivity contribution in [3.05, 3.63) is 17.7 Å². The lowest BCUT2D eigenvalue weighted by molar-refractivity contribution is -0.144. The summed E-state index contributed by atoms with van der Waals surface area (Å²) in [6.07, 6.45) is 1.23. The van der Waals surface area contributed by atoms with Gasteiger partial charge in [-0.2, -0.15) is 0 Å². The standard InChI is InChI=1S/C17H23NO6/c1-10-5-6-18(12(7-10)17(20)21)16(19)11-8-13(22-2)15(24-4)14(9-11)23-3/h8-10,12H,5-7H2,1-4H3,(H,20,21). The summed E-state index contributed by atoms with van der Waals surface area (Å²) in [5, 5.41) is 9.44. The summed E-state index contributed by atoms with van der Waals surface area (Å²) in [6, 6.07) is 2.27. The molecule has 0 bridgehead atoms. The number of carboxylic acid groups (broad SMARTS) is 1. The van der Waals surface area contributed by atoms with Gasteiger partial charge in [-0.15, -0.1) is 0 Å². The molecule has 1 aliphatic heterocycles. The molecular weight excluding hydrogens is 314 g/mol. The molecule has 1 aliphatic rings. The van der Waals surface area contributed by atoms with E-state index in [-0.39, 0.29) is 11.8 Å². The Morgan fingerprint density at radius 2 is 1.71 bits per heavy atom. The summed E-state index contributed by atoms with van der Waals surface area (Å²) in [4.78, 5) is 25.8. The summed E-state index contributed by atoms with van der Waals surface area (Å²) >= 11 is 0. The predicted octanol–water partition coefficient (Wildman–Crippen LogP) is 2.04. The van der Waals surface area contributed by atoms with E-state index in [0.717, 1.165) is 6.42 Å². The third-order valence-electron chi connectivity index (χ3n) is 4.32. The van der Waals surface area contributed by atoms with E-state index in [0.29, 0.717) is 35.8 Å². The van der Waals surface area contributed by atoms with Crippen molar-refractivity contribution >= 4 is 11.9 Å². The Kier molecular flexibility index (Phi) is 5.54. The van der Waals surface area contributed by atoms with Crippen LogP contribution < -0.4 is 14.2 Å². The van der Waals surface area contributed by atoms with Crippen LogP contribution in [0.1, 0.15) is 30.1 Å². The minimum atomic E-state index is -0.984. The molecule has 1 aromatic rings. The molecule has 1 amide bonds. The molecule has 7 heteroatoms. The van der Waals surface area contributed by atoms with Gasteiger partial charge in [0.05, 0.1) is 21.3 Å². The van der Waals surface area contributed by atoms with Gasteiger partial charge in [-0.1, -0.05) is 6.92 Å². The summed E-state index contributed by atoms with van der Waals surface area (Å²) in [5.74, 6) is 0.0412. The Balaban J connectivity index is 2.39. The number of methoxy groups -OCH3 is 3. The lowest BCUT2D eigenvalue weighted by atomic mass is 9.92. The molecule has 2 rings (SSSR count). The van der Waals surface area contributed by atoms with Gasteiger partial charge in [0, 0.05) is 12.1 Å². The zero-order valence-electron chi connectivity index (χ0n) is 14.4. The van der Waals surface area contributed by atoms with Crippen LogP contribution in [0, 0.1) is 5.92 Å². The highest BCUT2D eigenvalue weighted by Gasteiger charge is 2.35. The van der Waals surface area contributed by atoms with Crippen LogP contribution in [0.25, 0.3) is 0 Å². The fraction of sp³-hybridized carbons (Fsp3) is 0.529. The number of hydrogen-bond acceptors (Lipinski definition) is 5. The first kappa shape index (κ1) is 17.9. The van der Waals surface area contributed by atoms with Crippen LogP contribution in [-0.4, -0.2) is 55.8 Å². The van der Waals surface area contributed by atoms with Gasteiger partial charge < -0.3 is 24.2 Å². The van der Waals surface area contributed by atoms with Gasteiger partial charge in [0.15, 0.2) is 11.5 Å². The molecule has 1 saturated heterocycles. The number of benzene rings is 1. The van der Waals surface area contributed by atoms with Crippen molar-refractivity contribution in [2.75, 3.05) is 27.9 Å². The Morgan fingerprint density at radius 3 is 2.17 bits per heavy atom. The molecule has 0 saturated carbocycles. The molecule has 1 aromatic carbocycles. The van der Waals surface area contributed by atoms with Gasteiger partial charge in [0.25, 0.3) is 5.91 Å². The lowest BCUT2D eigenvalue weighted by Crippen LogP contribution is -2.49. The van der Waals surface area contributed by atoms with E-state index in [4.69, 9.17) is 14.2 Å². The molecule has 0 radical (unpaired) electrons. The van der Waals surface area contributed by atoms with E-state index in [9.17, 15) is 14.7 Å². The van der Waals surface area contributed by atoms with Gasteiger partial charge in [0.2, 0.25) is 5.75 Å². The number of hydrogen-bond donors (Lipinski definition) is 1. The Hall–Kier alpha value is -2.44. The maximum atomic E-state index is 12.9. The second-order valence-electron chi connectivity index (χ2n) is 5.90. The number of likely N-dealkylation sites (tertiary alicyclic amines) is 1. The molecule has 1 N–H and O–H groups in total. The van der Waals surface area contributed by atoms with Crippen molar-refractivity contribution in [3.63, 3.8) is 0 Å². The van der Waals surface area contributed by atoms with Crippen LogP contribution in [0.5, 0.6) is 17.2 Å². The molecule has 0 aromatic heterocycles. The minimum Gasteiger partial charge on any atom is -0.493 e. The van der Waals surface area contributed by atoms with Crippen LogP contribution in [0.4, 0.5) is 0 Å². The maximum absolute atomic E-state index is 12.9. The average Bonchev–Trinajstić information content (AvgIpc) is 2.59. The van der Waals surface area contributed by atoms with Crippen molar-refractivity contribution in [3.8, 4) is 17.2 Å². The van der Waals surface area contributed by atoms with Crippen molar-refractivity contribution in [2.24, 2.45) is 5.92 Å².